The van der Waals surface area contributed by atoms with Gasteiger partial charge in [0.05, 0.1) is 5.55 Å². The molecule has 1 aliphatic heterocycles. The highest BCUT2D eigenvalue weighted by Crippen LogP contribution is 2.48. The Bertz CT molecular complexity index is 115. The van der Waals surface area contributed by atoms with Crippen molar-refractivity contribution >= 4 is 29.0 Å². The van der Waals surface area contributed by atoms with E-state index >= 15 is 0 Å². The van der Waals surface area contributed by atoms with Gasteiger partial charge in [0.25, 0.3) is 0 Å². The summed E-state index contributed by atoms with van der Waals surface area (Å²) >= 11 is 3.27. The molecule has 40 valence electrons. The van der Waals surface area contributed by atoms with E-state index in [9.17, 15) is 0 Å². The molecule has 0 amide bonds. The fourth-order valence-electron chi connectivity index (χ4n) is 0.292. The van der Waals surface area contributed by atoms with Crippen LogP contribution in [0.2, 0.25) is 0 Å². The summed E-state index contributed by atoms with van der Waals surface area (Å²) < 4.78 is 0. The lowest BCUT2D eigenvalue weighted by Crippen LogP contribution is -1.95. The van der Waals surface area contributed by atoms with Crippen molar-refractivity contribution in [2.24, 2.45) is 10.1 Å². The first-order chi connectivity index (χ1) is 3.21. The molecule has 0 fully saturated rings. The molecule has 2 N–H and O–H groups in total. The Morgan fingerprint density at radius 1 is 1.71 bits per heavy atom. The number of nitrogens with zero attached hydrogens (tertiary/aromatic N) is 1. The quantitative estimate of drug-likeness (QED) is 0.603. The van der Waals surface area contributed by atoms with Crippen LogP contribution in [0.3, 0.4) is 0 Å². The van der Waals surface area contributed by atoms with E-state index in [0.717, 1.165) is 0 Å². The Kier molecular flexibility index (Phi) is 1.23. The SMILES string of the molecule is NS1(Br)C=CN=C1. The molecule has 0 spiro atoms. The Hall–Kier alpha value is 0.200. The third-order valence-corrected chi connectivity index (χ3v) is 2.71. The zero-order chi connectivity index (χ0) is 5.33. The summed E-state index contributed by atoms with van der Waals surface area (Å²) in [5.74, 6) is 0. The van der Waals surface area contributed by atoms with Crippen LogP contribution in [0, 0.1) is 0 Å². The Balaban J connectivity index is 2.77. The topological polar surface area (TPSA) is 38.4 Å². The van der Waals surface area contributed by atoms with E-state index < -0.39 is 8.65 Å². The lowest BCUT2D eigenvalue weighted by Gasteiger charge is -2.11. The molecule has 0 bridgehead atoms. The smallest absolute Gasteiger partial charge is 0.0680 e. The zero-order valence-electron chi connectivity index (χ0n) is 3.54. The van der Waals surface area contributed by atoms with Crippen LogP contribution in [0.25, 0.3) is 0 Å². The average molecular weight is 181 g/mol. The van der Waals surface area contributed by atoms with E-state index in [-0.39, 0.29) is 0 Å². The summed E-state index contributed by atoms with van der Waals surface area (Å²) in [7, 11) is -1.21. The summed E-state index contributed by atoms with van der Waals surface area (Å²) in [6.45, 7) is 0. The average Bonchev–Trinajstić information content (AvgIpc) is 1.84. The number of hydrogen-bond acceptors (Lipinski definition) is 2. The molecule has 0 aromatic carbocycles. The minimum Gasteiger partial charge on any atom is -0.278 e. The van der Waals surface area contributed by atoms with Gasteiger partial charge in [-0.1, -0.05) is 8.65 Å². The van der Waals surface area contributed by atoms with Gasteiger partial charge in [-0.3, -0.25) is 10.1 Å². The second-order valence-electron chi connectivity index (χ2n) is 1.22. The molecule has 1 heterocycles. The van der Waals surface area contributed by atoms with Crippen molar-refractivity contribution < 1.29 is 0 Å². The van der Waals surface area contributed by atoms with Gasteiger partial charge in [0.15, 0.2) is 0 Å². The maximum atomic E-state index is 5.54. The fraction of sp³-hybridized carbons (Fsp3) is 0. The molecule has 0 aliphatic carbocycles. The Morgan fingerprint density at radius 3 is 2.57 bits per heavy atom. The molecule has 4 heteroatoms. The summed E-state index contributed by atoms with van der Waals surface area (Å²) in [4.78, 5) is 3.80. The lowest BCUT2D eigenvalue weighted by molar-refractivity contribution is 1.65. The molecule has 1 atom stereocenters. The molecule has 7 heavy (non-hydrogen) atoms. The maximum Gasteiger partial charge on any atom is 0.0680 e. The standard InChI is InChI=1S/C3H5BrN2S/c4-7(5)2-1-6-3-7/h1-3H,5H2. The van der Waals surface area contributed by atoms with Crippen molar-refractivity contribution in [2.45, 2.75) is 0 Å². The van der Waals surface area contributed by atoms with E-state index in [2.05, 4.69) is 19.8 Å². The molecule has 0 radical (unpaired) electrons. The largest absolute Gasteiger partial charge is 0.278 e. The van der Waals surface area contributed by atoms with E-state index in [0.29, 0.717) is 0 Å². The van der Waals surface area contributed by atoms with E-state index in [1.807, 2.05) is 5.41 Å². The van der Waals surface area contributed by atoms with Gasteiger partial charge in [-0.25, -0.2) is 0 Å². The second kappa shape index (κ2) is 1.61. The molecule has 1 unspecified atom stereocenters. The van der Waals surface area contributed by atoms with Crippen LogP contribution < -0.4 is 5.14 Å². The Morgan fingerprint density at radius 2 is 2.43 bits per heavy atom. The van der Waals surface area contributed by atoms with E-state index in [1.165, 1.54) is 0 Å². The molecule has 0 saturated heterocycles. The highest BCUT2D eigenvalue weighted by Gasteiger charge is 2.08. The van der Waals surface area contributed by atoms with Crippen LogP contribution in [-0.4, -0.2) is 5.55 Å². The van der Waals surface area contributed by atoms with Gasteiger partial charge < -0.3 is 0 Å². The third-order valence-electron chi connectivity index (χ3n) is 0.578. The molecule has 0 aromatic rings. The lowest BCUT2D eigenvalue weighted by atomic mass is 11.1. The molecule has 0 saturated carbocycles. The minimum absolute atomic E-state index is 1.21. The van der Waals surface area contributed by atoms with E-state index in [1.54, 1.807) is 11.7 Å². The number of rotatable bonds is 0. The van der Waals surface area contributed by atoms with Crippen LogP contribution in [0.4, 0.5) is 0 Å². The van der Waals surface area contributed by atoms with Crippen molar-refractivity contribution in [2.75, 3.05) is 0 Å². The van der Waals surface area contributed by atoms with Crippen LogP contribution in [0.5, 0.6) is 0 Å². The molecule has 2 nitrogen and oxygen atoms in total. The summed E-state index contributed by atoms with van der Waals surface area (Å²) in [6, 6.07) is 0. The monoisotopic (exact) mass is 180 g/mol. The van der Waals surface area contributed by atoms with Crippen LogP contribution in [0.1, 0.15) is 0 Å². The molecular formula is C3H5BrN2S. The van der Waals surface area contributed by atoms with Crippen molar-refractivity contribution in [3.63, 3.8) is 0 Å². The summed E-state index contributed by atoms with van der Waals surface area (Å²) in [5.41, 5.74) is 1.72. The Labute approximate surface area is 51.1 Å². The second-order valence-corrected chi connectivity index (χ2v) is 6.41. The van der Waals surface area contributed by atoms with Crippen molar-refractivity contribution in [3.8, 4) is 0 Å². The van der Waals surface area contributed by atoms with Gasteiger partial charge >= 0.3 is 0 Å². The van der Waals surface area contributed by atoms with Crippen LogP contribution in [0.15, 0.2) is 16.6 Å². The number of hydrogen-bond donors (Lipinski definition) is 1. The van der Waals surface area contributed by atoms with E-state index in [4.69, 9.17) is 5.14 Å². The number of aliphatic imine (C=N–C) groups is 1. The third kappa shape index (κ3) is 1.29. The number of nitrogens with two attached hydrogens (primary N) is 1. The predicted octanol–water partition coefficient (Wildman–Crippen LogP) is 1.49. The molecular weight excluding hydrogens is 176 g/mol. The normalized spacial score (nSPS) is 46.6. The van der Waals surface area contributed by atoms with Gasteiger partial charge in [0, 0.05) is 6.20 Å². The predicted molar refractivity (Wildman–Crippen MR) is 38.3 cm³/mol. The molecule has 0 aromatic heterocycles. The highest BCUT2D eigenvalue weighted by molar-refractivity contribution is 9.60. The van der Waals surface area contributed by atoms with Gasteiger partial charge in [-0.2, -0.15) is 0 Å². The van der Waals surface area contributed by atoms with Crippen molar-refractivity contribution in [3.05, 3.63) is 11.6 Å². The van der Waals surface area contributed by atoms with Crippen LogP contribution >= 0.6 is 23.5 Å². The molecule has 1 rings (SSSR count). The van der Waals surface area contributed by atoms with Crippen molar-refractivity contribution in [1.82, 2.24) is 0 Å². The highest BCUT2D eigenvalue weighted by atomic mass is 79.9. The van der Waals surface area contributed by atoms with Gasteiger partial charge in [-0.15, -0.1) is 0 Å². The first kappa shape index (κ1) is 5.34. The van der Waals surface area contributed by atoms with Crippen molar-refractivity contribution in [1.29, 1.82) is 0 Å². The summed E-state index contributed by atoms with van der Waals surface area (Å²) in [6.07, 6.45) is 1.70. The number of halogens is 1. The fourth-order valence-corrected chi connectivity index (χ4v) is 1.46. The first-order valence-corrected chi connectivity index (χ1v) is 5.38. The minimum atomic E-state index is -1.21. The molecule has 1 aliphatic rings. The first-order valence-electron chi connectivity index (χ1n) is 1.71. The van der Waals surface area contributed by atoms with Gasteiger partial charge in [0.2, 0.25) is 0 Å². The van der Waals surface area contributed by atoms with Crippen LogP contribution in [-0.2, 0) is 0 Å². The zero-order valence-corrected chi connectivity index (χ0v) is 5.95. The van der Waals surface area contributed by atoms with Gasteiger partial charge in [0.1, 0.15) is 0 Å². The van der Waals surface area contributed by atoms with Gasteiger partial charge in [-0.05, 0) is 20.2 Å². The maximum absolute atomic E-state index is 5.54. The summed E-state index contributed by atoms with van der Waals surface area (Å²) in [5, 5.41) is 7.40.